The molecule has 2 aliphatic rings. The highest BCUT2D eigenvalue weighted by Gasteiger charge is 2.23. The van der Waals surface area contributed by atoms with Crippen molar-refractivity contribution in [2.24, 2.45) is 0 Å². The standard InChI is InChI=1S/C15H24BN2/c16-15-17(13-7-3-1-4-8-13)11-12-18(15)14-9-5-2-6-10-14/h11-14H,1-10H2. The van der Waals surface area contributed by atoms with Crippen molar-refractivity contribution >= 4 is 13.6 Å². The molecule has 0 bridgehead atoms. The number of hydrogen-bond acceptors (Lipinski definition) is 0. The third-order valence-corrected chi connectivity index (χ3v) is 4.85. The summed E-state index contributed by atoms with van der Waals surface area (Å²) < 4.78 is 4.68. The number of hydrogen-bond donors (Lipinski definition) is 0. The van der Waals surface area contributed by atoms with Gasteiger partial charge in [-0.15, -0.1) is 0 Å². The Morgan fingerprint density at radius 2 is 1.56 bits per heavy atom. The van der Waals surface area contributed by atoms with Gasteiger partial charge in [-0.25, -0.2) is 0 Å². The maximum atomic E-state index is 6.39. The van der Waals surface area contributed by atoms with Gasteiger partial charge in [0.25, 0.3) is 0 Å². The maximum Gasteiger partial charge on any atom is 0.126 e. The maximum absolute atomic E-state index is 6.39. The zero-order valence-corrected chi connectivity index (χ0v) is 11.4. The van der Waals surface area contributed by atoms with E-state index in [1.807, 2.05) is 0 Å². The smallest absolute Gasteiger partial charge is 0.126 e. The van der Waals surface area contributed by atoms with E-state index in [9.17, 15) is 0 Å². The van der Waals surface area contributed by atoms with E-state index < -0.39 is 0 Å². The average Bonchev–Trinajstić information content (AvgIpc) is 2.83. The fourth-order valence-electron chi connectivity index (χ4n) is 3.77. The Morgan fingerprint density at radius 3 is 2.22 bits per heavy atom. The number of imidazole rings is 1. The Hall–Kier alpha value is -0.725. The van der Waals surface area contributed by atoms with E-state index in [0.717, 1.165) is 5.72 Å². The Balaban J connectivity index is 1.78. The van der Waals surface area contributed by atoms with Crippen LogP contribution in [0.5, 0.6) is 0 Å². The SMILES string of the molecule is [B-]c1n(C2CCCCC2)cc[n+]1C1CCCCC1. The van der Waals surface area contributed by atoms with Gasteiger partial charge < -0.3 is 7.85 Å². The van der Waals surface area contributed by atoms with E-state index in [1.165, 1.54) is 64.2 Å². The molecule has 0 aromatic carbocycles. The molecule has 0 amide bonds. The molecule has 0 spiro atoms. The molecule has 3 radical (unpaired) electrons. The van der Waals surface area contributed by atoms with Gasteiger partial charge in [-0.05, 0) is 57.1 Å². The molecule has 0 unspecified atom stereocenters. The molecule has 1 aromatic heterocycles. The van der Waals surface area contributed by atoms with Crippen molar-refractivity contribution in [1.29, 1.82) is 0 Å². The summed E-state index contributed by atoms with van der Waals surface area (Å²) >= 11 is 0. The summed E-state index contributed by atoms with van der Waals surface area (Å²) in [4.78, 5) is 0. The lowest BCUT2D eigenvalue weighted by atomic mass is 9.93. The van der Waals surface area contributed by atoms with Crippen molar-refractivity contribution < 1.29 is 4.57 Å². The van der Waals surface area contributed by atoms with Crippen LogP contribution in [-0.4, -0.2) is 12.4 Å². The molecule has 2 saturated carbocycles. The van der Waals surface area contributed by atoms with Crippen LogP contribution in [0.2, 0.25) is 0 Å². The van der Waals surface area contributed by atoms with Crippen molar-refractivity contribution in [3.05, 3.63) is 12.4 Å². The van der Waals surface area contributed by atoms with Crippen LogP contribution >= 0.6 is 0 Å². The predicted molar refractivity (Wildman–Crippen MR) is 74.3 cm³/mol. The molecule has 0 atom stereocenters. The second-order valence-corrected chi connectivity index (χ2v) is 6.05. The van der Waals surface area contributed by atoms with Gasteiger partial charge in [-0.2, -0.15) is 0 Å². The van der Waals surface area contributed by atoms with Crippen LogP contribution in [-0.2, 0) is 0 Å². The van der Waals surface area contributed by atoms with Crippen LogP contribution in [0.4, 0.5) is 0 Å². The van der Waals surface area contributed by atoms with Crippen LogP contribution in [0.3, 0.4) is 0 Å². The molecule has 3 heteroatoms. The van der Waals surface area contributed by atoms with E-state index >= 15 is 0 Å². The molecule has 1 aromatic rings. The normalized spacial score (nSPS) is 23.4. The molecular weight excluding hydrogens is 219 g/mol. The number of nitrogens with zero attached hydrogens (tertiary/aromatic N) is 2. The van der Waals surface area contributed by atoms with Gasteiger partial charge in [0.05, 0.1) is 12.1 Å². The van der Waals surface area contributed by atoms with Crippen LogP contribution in [0.1, 0.15) is 76.3 Å². The van der Waals surface area contributed by atoms with Crippen LogP contribution in [0, 0.1) is 0 Å². The first-order chi connectivity index (χ1) is 8.86. The number of rotatable bonds is 2. The number of aromatic nitrogens is 2. The summed E-state index contributed by atoms with van der Waals surface area (Å²) in [5.41, 5.74) is 0.994. The van der Waals surface area contributed by atoms with Gasteiger partial charge in [0.2, 0.25) is 0 Å². The molecule has 2 nitrogen and oxygen atoms in total. The Bertz CT molecular complexity index is 352. The monoisotopic (exact) mass is 243 g/mol. The van der Waals surface area contributed by atoms with E-state index in [1.54, 1.807) is 0 Å². The van der Waals surface area contributed by atoms with E-state index in [0.29, 0.717) is 12.1 Å². The van der Waals surface area contributed by atoms with Crippen molar-refractivity contribution in [1.82, 2.24) is 4.57 Å². The van der Waals surface area contributed by atoms with Gasteiger partial charge in [0.15, 0.2) is 0 Å². The Labute approximate surface area is 112 Å². The van der Waals surface area contributed by atoms with Crippen LogP contribution in [0.15, 0.2) is 12.4 Å². The van der Waals surface area contributed by atoms with Crippen LogP contribution < -0.4 is 10.3 Å². The molecule has 2 fully saturated rings. The Kier molecular flexibility index (Phi) is 3.76. The van der Waals surface area contributed by atoms with Crippen molar-refractivity contribution in [3.8, 4) is 0 Å². The second-order valence-electron chi connectivity index (χ2n) is 6.05. The van der Waals surface area contributed by atoms with Crippen molar-refractivity contribution in [2.45, 2.75) is 76.3 Å². The largest absolute Gasteiger partial charge is 0.458 e. The topological polar surface area (TPSA) is 8.81 Å². The first kappa shape index (κ1) is 12.3. The lowest BCUT2D eigenvalue weighted by Gasteiger charge is -2.26. The summed E-state index contributed by atoms with van der Waals surface area (Å²) in [7, 11) is 6.39. The van der Waals surface area contributed by atoms with Gasteiger partial charge in [-0.1, -0.05) is 12.8 Å². The fraction of sp³-hybridized carbons (Fsp3) is 0.800. The minimum atomic E-state index is 0.656. The van der Waals surface area contributed by atoms with Gasteiger partial charge in [-0.3, -0.25) is 9.13 Å². The zero-order chi connectivity index (χ0) is 12.4. The molecule has 1 heterocycles. The van der Waals surface area contributed by atoms with Gasteiger partial charge in [0.1, 0.15) is 12.4 Å². The first-order valence-corrected chi connectivity index (χ1v) is 7.74. The van der Waals surface area contributed by atoms with E-state index in [2.05, 4.69) is 21.5 Å². The minimum absolute atomic E-state index is 0.656. The van der Waals surface area contributed by atoms with Crippen LogP contribution in [0.25, 0.3) is 0 Å². The summed E-state index contributed by atoms with van der Waals surface area (Å²) in [6.45, 7) is 0. The molecule has 0 aliphatic heterocycles. The first-order valence-electron chi connectivity index (χ1n) is 7.74. The third-order valence-electron chi connectivity index (χ3n) is 4.85. The molecule has 97 valence electrons. The second kappa shape index (κ2) is 5.50. The third kappa shape index (κ3) is 2.37. The quantitative estimate of drug-likeness (QED) is 0.557. The average molecular weight is 243 g/mol. The summed E-state index contributed by atoms with van der Waals surface area (Å²) in [5.74, 6) is 0. The van der Waals surface area contributed by atoms with Crippen molar-refractivity contribution in [3.63, 3.8) is 0 Å². The molecule has 3 rings (SSSR count). The van der Waals surface area contributed by atoms with Crippen molar-refractivity contribution in [2.75, 3.05) is 0 Å². The van der Waals surface area contributed by atoms with Gasteiger partial charge in [0, 0.05) is 0 Å². The predicted octanol–water partition coefficient (Wildman–Crippen LogP) is 2.58. The summed E-state index contributed by atoms with van der Waals surface area (Å²) in [6, 6.07) is 1.31. The minimum Gasteiger partial charge on any atom is -0.458 e. The highest BCUT2D eigenvalue weighted by Crippen LogP contribution is 2.27. The molecule has 0 N–H and O–H groups in total. The zero-order valence-electron chi connectivity index (χ0n) is 11.4. The molecular formula is C15H24BN2. The highest BCUT2D eigenvalue weighted by molar-refractivity contribution is 6.28. The molecule has 18 heavy (non-hydrogen) atoms. The molecule has 0 saturated heterocycles. The van der Waals surface area contributed by atoms with E-state index in [-0.39, 0.29) is 0 Å². The fourth-order valence-corrected chi connectivity index (χ4v) is 3.77. The lowest BCUT2D eigenvalue weighted by molar-refractivity contribution is -0.708. The van der Waals surface area contributed by atoms with E-state index in [4.69, 9.17) is 7.85 Å². The highest BCUT2D eigenvalue weighted by atomic mass is 15.2. The summed E-state index contributed by atoms with van der Waals surface area (Å²) in [6.07, 6.45) is 18.0. The van der Waals surface area contributed by atoms with Gasteiger partial charge >= 0.3 is 0 Å². The molecule has 2 aliphatic carbocycles. The summed E-state index contributed by atoms with van der Waals surface area (Å²) in [5, 5.41) is 0. The Morgan fingerprint density at radius 1 is 0.944 bits per heavy atom. The lowest BCUT2D eigenvalue weighted by Crippen LogP contribution is -2.54.